The molecule has 0 aliphatic heterocycles. The van der Waals surface area contributed by atoms with Crippen LogP contribution in [0.1, 0.15) is 19.8 Å². The average Bonchev–Trinajstić information content (AvgIpc) is 2.23. The van der Waals surface area contributed by atoms with Crippen LogP contribution in [0, 0.1) is 5.92 Å². The van der Waals surface area contributed by atoms with E-state index in [2.05, 4.69) is 15.4 Å². The summed E-state index contributed by atoms with van der Waals surface area (Å²) in [5.41, 5.74) is 0. The molecule has 0 aromatic carbocycles. The first-order valence-electron chi connectivity index (χ1n) is 5.89. The highest BCUT2D eigenvalue weighted by molar-refractivity contribution is 7.88. The van der Waals surface area contributed by atoms with E-state index in [1.54, 1.807) is 6.92 Å². The van der Waals surface area contributed by atoms with Crippen LogP contribution in [0.15, 0.2) is 0 Å². The zero-order valence-electron chi connectivity index (χ0n) is 11.1. The number of hydrogen-bond donors (Lipinski definition) is 4. The van der Waals surface area contributed by atoms with Gasteiger partial charge in [0.15, 0.2) is 0 Å². The summed E-state index contributed by atoms with van der Waals surface area (Å²) in [5.74, 6) is -1.04. The molecule has 2 amide bonds. The van der Waals surface area contributed by atoms with E-state index >= 15 is 0 Å². The maximum absolute atomic E-state index is 11.3. The lowest BCUT2D eigenvalue weighted by atomic mass is 10.1. The quantitative estimate of drug-likeness (QED) is 0.420. The predicted octanol–water partition coefficient (Wildman–Crippen LogP) is -0.664. The zero-order chi connectivity index (χ0) is 14.9. The van der Waals surface area contributed by atoms with Crippen molar-refractivity contribution in [2.75, 3.05) is 25.9 Å². The first-order valence-corrected chi connectivity index (χ1v) is 7.78. The second kappa shape index (κ2) is 8.70. The van der Waals surface area contributed by atoms with E-state index in [0.29, 0.717) is 13.0 Å². The molecular formula is C10H21N3O5S. The van der Waals surface area contributed by atoms with E-state index < -0.39 is 22.0 Å². The van der Waals surface area contributed by atoms with Crippen molar-refractivity contribution in [3.8, 4) is 0 Å². The van der Waals surface area contributed by atoms with E-state index in [9.17, 15) is 18.0 Å². The number of hydrogen-bond acceptors (Lipinski definition) is 4. The number of amides is 2. The van der Waals surface area contributed by atoms with E-state index in [1.165, 1.54) is 0 Å². The molecule has 19 heavy (non-hydrogen) atoms. The number of carbonyl (C=O) groups excluding carboxylic acids is 1. The van der Waals surface area contributed by atoms with Gasteiger partial charge in [-0.25, -0.2) is 17.9 Å². The second-order valence-electron chi connectivity index (χ2n) is 4.36. The number of rotatable bonds is 9. The number of carboxylic acids is 1. The minimum atomic E-state index is -3.19. The van der Waals surface area contributed by atoms with Crippen LogP contribution in [0.5, 0.6) is 0 Å². The Bertz CT molecular complexity index is 396. The molecule has 4 N–H and O–H groups in total. The van der Waals surface area contributed by atoms with Gasteiger partial charge in [-0.2, -0.15) is 0 Å². The minimum absolute atomic E-state index is 0.00143. The molecule has 112 valence electrons. The Morgan fingerprint density at radius 2 is 1.84 bits per heavy atom. The lowest BCUT2D eigenvalue weighted by Crippen LogP contribution is -2.39. The van der Waals surface area contributed by atoms with Gasteiger partial charge in [0.05, 0.1) is 6.26 Å². The van der Waals surface area contributed by atoms with Crippen molar-refractivity contribution in [2.24, 2.45) is 5.92 Å². The van der Waals surface area contributed by atoms with E-state index in [4.69, 9.17) is 5.11 Å². The Kier molecular flexibility index (Phi) is 8.08. The van der Waals surface area contributed by atoms with E-state index in [0.717, 1.165) is 6.26 Å². The van der Waals surface area contributed by atoms with Gasteiger partial charge in [-0.1, -0.05) is 6.92 Å². The SMILES string of the molecule is CC(CNC(=O)NCCCNS(C)(=O)=O)CC(=O)O. The van der Waals surface area contributed by atoms with Gasteiger partial charge >= 0.3 is 12.0 Å². The van der Waals surface area contributed by atoms with Crippen LogP contribution in [-0.4, -0.2) is 51.4 Å². The third kappa shape index (κ3) is 12.9. The highest BCUT2D eigenvalue weighted by Gasteiger charge is 2.08. The maximum Gasteiger partial charge on any atom is 0.314 e. The number of urea groups is 1. The molecule has 0 aromatic heterocycles. The van der Waals surface area contributed by atoms with Crippen LogP contribution in [0.2, 0.25) is 0 Å². The molecule has 0 fully saturated rings. The summed E-state index contributed by atoms with van der Waals surface area (Å²) in [6.07, 6.45) is 1.54. The summed E-state index contributed by atoms with van der Waals surface area (Å²) in [7, 11) is -3.19. The molecule has 8 nitrogen and oxygen atoms in total. The molecule has 0 saturated carbocycles. The van der Waals surface area contributed by atoms with Gasteiger partial charge < -0.3 is 15.7 Å². The molecular weight excluding hydrogens is 274 g/mol. The average molecular weight is 295 g/mol. The Labute approximate surface area is 113 Å². The normalized spacial score (nSPS) is 12.7. The van der Waals surface area contributed by atoms with Crippen LogP contribution in [0.4, 0.5) is 4.79 Å². The Morgan fingerprint density at radius 1 is 1.21 bits per heavy atom. The molecule has 0 aliphatic rings. The maximum atomic E-state index is 11.3. The fourth-order valence-electron chi connectivity index (χ4n) is 1.25. The Hall–Kier alpha value is -1.35. The van der Waals surface area contributed by atoms with Crippen LogP contribution in [0.25, 0.3) is 0 Å². The van der Waals surface area contributed by atoms with Crippen LogP contribution in [0.3, 0.4) is 0 Å². The number of nitrogens with one attached hydrogen (secondary N) is 3. The molecule has 0 saturated heterocycles. The van der Waals surface area contributed by atoms with Crippen LogP contribution in [-0.2, 0) is 14.8 Å². The summed E-state index contributed by atoms with van der Waals surface area (Å²) >= 11 is 0. The van der Waals surface area contributed by atoms with Gasteiger partial charge in [-0.3, -0.25) is 4.79 Å². The molecule has 1 unspecified atom stereocenters. The zero-order valence-corrected chi connectivity index (χ0v) is 11.9. The van der Waals surface area contributed by atoms with Crippen molar-refractivity contribution < 1.29 is 23.1 Å². The summed E-state index contributed by atoms with van der Waals surface area (Å²) in [6, 6.07) is -0.392. The summed E-state index contributed by atoms with van der Waals surface area (Å²) < 4.78 is 23.8. The van der Waals surface area contributed by atoms with Crippen molar-refractivity contribution in [1.29, 1.82) is 0 Å². The topological polar surface area (TPSA) is 125 Å². The highest BCUT2D eigenvalue weighted by Crippen LogP contribution is 1.98. The fraction of sp³-hybridized carbons (Fsp3) is 0.800. The monoisotopic (exact) mass is 295 g/mol. The summed E-state index contributed by atoms with van der Waals surface area (Å²) in [5, 5.41) is 13.6. The first kappa shape index (κ1) is 17.6. The van der Waals surface area contributed by atoms with Crippen LogP contribution >= 0.6 is 0 Å². The fourth-order valence-corrected chi connectivity index (χ4v) is 1.76. The summed E-state index contributed by atoms with van der Waals surface area (Å²) in [6.45, 7) is 2.60. The number of sulfonamides is 1. The second-order valence-corrected chi connectivity index (χ2v) is 6.19. The number of aliphatic carboxylic acids is 1. The van der Waals surface area contributed by atoms with Gasteiger partial charge in [0.25, 0.3) is 0 Å². The number of carboxylic acid groups (broad SMARTS) is 1. The van der Waals surface area contributed by atoms with Crippen molar-refractivity contribution in [3.05, 3.63) is 0 Å². The van der Waals surface area contributed by atoms with Crippen molar-refractivity contribution in [2.45, 2.75) is 19.8 Å². The molecule has 0 aliphatic carbocycles. The molecule has 0 aromatic rings. The van der Waals surface area contributed by atoms with Crippen molar-refractivity contribution >= 4 is 22.0 Å². The molecule has 0 rings (SSSR count). The van der Waals surface area contributed by atoms with Gasteiger partial charge in [0.2, 0.25) is 10.0 Å². The van der Waals surface area contributed by atoms with Gasteiger partial charge in [0, 0.05) is 26.1 Å². The predicted molar refractivity (Wildman–Crippen MR) is 70.3 cm³/mol. The van der Waals surface area contributed by atoms with Gasteiger partial charge in [-0.15, -0.1) is 0 Å². The van der Waals surface area contributed by atoms with E-state index in [-0.39, 0.29) is 25.4 Å². The van der Waals surface area contributed by atoms with Crippen molar-refractivity contribution in [1.82, 2.24) is 15.4 Å². The third-order valence-electron chi connectivity index (χ3n) is 2.14. The van der Waals surface area contributed by atoms with Crippen LogP contribution < -0.4 is 15.4 Å². The Morgan fingerprint density at radius 3 is 2.37 bits per heavy atom. The molecule has 0 heterocycles. The van der Waals surface area contributed by atoms with Gasteiger partial charge in [0.1, 0.15) is 0 Å². The van der Waals surface area contributed by atoms with Crippen molar-refractivity contribution in [3.63, 3.8) is 0 Å². The van der Waals surface area contributed by atoms with Gasteiger partial charge in [-0.05, 0) is 12.3 Å². The molecule has 0 radical (unpaired) electrons. The highest BCUT2D eigenvalue weighted by atomic mass is 32.2. The number of carbonyl (C=O) groups is 2. The first-order chi connectivity index (χ1) is 8.70. The molecule has 0 bridgehead atoms. The molecule has 1 atom stereocenters. The lowest BCUT2D eigenvalue weighted by molar-refractivity contribution is -0.137. The molecule has 9 heteroatoms. The lowest BCUT2D eigenvalue weighted by Gasteiger charge is -2.11. The Balaban J connectivity index is 3.57. The minimum Gasteiger partial charge on any atom is -0.481 e. The standard InChI is InChI=1S/C10H21N3O5S/c1-8(6-9(14)15)7-12-10(16)11-4-3-5-13-19(2,17)18/h8,13H,3-7H2,1-2H3,(H,14,15)(H2,11,12,16). The van der Waals surface area contributed by atoms with E-state index in [1.807, 2.05) is 0 Å². The molecule has 0 spiro atoms. The third-order valence-corrected chi connectivity index (χ3v) is 2.87. The summed E-state index contributed by atoms with van der Waals surface area (Å²) in [4.78, 5) is 21.7. The largest absolute Gasteiger partial charge is 0.481 e. The smallest absolute Gasteiger partial charge is 0.314 e.